The molecule has 0 amide bonds. The molecule has 0 spiro atoms. The van der Waals surface area contributed by atoms with Gasteiger partial charge in [-0.25, -0.2) is 4.39 Å². The summed E-state index contributed by atoms with van der Waals surface area (Å²) in [7, 11) is 0. The van der Waals surface area contributed by atoms with Crippen LogP contribution in [0.5, 0.6) is 0 Å². The fourth-order valence-electron chi connectivity index (χ4n) is 1.35. The van der Waals surface area contributed by atoms with Crippen molar-refractivity contribution in [3.63, 3.8) is 0 Å². The number of benzene rings is 1. The van der Waals surface area contributed by atoms with Gasteiger partial charge in [-0.2, -0.15) is 0 Å². The van der Waals surface area contributed by atoms with Crippen LogP contribution >= 0.6 is 73.1 Å². The van der Waals surface area contributed by atoms with Crippen molar-refractivity contribution in [1.29, 1.82) is 0 Å². The normalized spacial score (nSPS) is 12.8. The van der Waals surface area contributed by atoms with Crippen LogP contribution in [0.1, 0.15) is 15.8 Å². The molecule has 1 heterocycles. The van der Waals surface area contributed by atoms with Gasteiger partial charge in [0.1, 0.15) is 5.82 Å². The van der Waals surface area contributed by atoms with Gasteiger partial charge in [0.25, 0.3) is 0 Å². The van der Waals surface area contributed by atoms with E-state index in [0.29, 0.717) is 5.02 Å². The highest BCUT2D eigenvalue weighted by Crippen LogP contribution is 2.41. The molecule has 0 saturated heterocycles. The first-order valence-electron chi connectivity index (χ1n) is 4.53. The van der Waals surface area contributed by atoms with Gasteiger partial charge in [0.15, 0.2) is 0 Å². The zero-order valence-corrected chi connectivity index (χ0v) is 14.3. The predicted octanol–water partition coefficient (Wildman–Crippen LogP) is 6.24. The highest BCUT2D eigenvalue weighted by atomic mass is 127. The van der Waals surface area contributed by atoms with Gasteiger partial charge in [0.2, 0.25) is 0 Å². The molecular weight excluding hydrogens is 461 g/mol. The Kier molecular flexibility index (Phi) is 4.74. The van der Waals surface area contributed by atoms with E-state index in [2.05, 4.69) is 38.5 Å². The van der Waals surface area contributed by atoms with Gasteiger partial charge in [0, 0.05) is 8.45 Å². The molecule has 2 aromatic rings. The highest BCUT2D eigenvalue weighted by molar-refractivity contribution is 14.1. The number of alkyl halides is 1. The lowest BCUT2D eigenvalue weighted by Crippen LogP contribution is -1.94. The summed E-state index contributed by atoms with van der Waals surface area (Å²) in [6.45, 7) is 0. The molecule has 0 radical (unpaired) electrons. The van der Waals surface area contributed by atoms with Gasteiger partial charge in [-0.3, -0.25) is 0 Å². The van der Waals surface area contributed by atoms with E-state index in [0.717, 1.165) is 17.8 Å². The Hall–Kier alpha value is 0.640. The second kappa shape index (κ2) is 5.74. The van der Waals surface area contributed by atoms with E-state index in [1.807, 2.05) is 6.07 Å². The van der Waals surface area contributed by atoms with Gasteiger partial charge in [-0.05, 0) is 62.3 Å². The average Bonchev–Trinajstić information content (AvgIpc) is 2.58. The molecule has 0 N–H and O–H groups in total. The maximum atomic E-state index is 13.0. The lowest BCUT2D eigenvalue weighted by molar-refractivity contribution is 0.626. The summed E-state index contributed by atoms with van der Waals surface area (Å²) in [6, 6.07) is 6.41. The molecule has 0 fully saturated rings. The van der Waals surface area contributed by atoms with Crippen molar-refractivity contribution in [3.05, 3.63) is 52.9 Å². The lowest BCUT2D eigenvalue weighted by atomic mass is 10.1. The maximum Gasteiger partial charge on any atom is 0.124 e. The minimum absolute atomic E-state index is 0.257. The van der Waals surface area contributed by atoms with Gasteiger partial charge >= 0.3 is 0 Å². The predicted molar refractivity (Wildman–Crippen MR) is 83.8 cm³/mol. The van der Waals surface area contributed by atoms with Gasteiger partial charge in [0.05, 0.1) is 14.2 Å². The second-order valence-corrected chi connectivity index (χ2v) is 7.71. The number of halogens is 5. The number of hydrogen-bond donors (Lipinski definition) is 0. The van der Waals surface area contributed by atoms with E-state index in [4.69, 9.17) is 23.2 Å². The zero-order valence-electron chi connectivity index (χ0n) is 8.18. The van der Waals surface area contributed by atoms with Gasteiger partial charge in [-0.15, -0.1) is 22.9 Å². The van der Waals surface area contributed by atoms with Gasteiger partial charge in [-0.1, -0.05) is 17.7 Å². The van der Waals surface area contributed by atoms with E-state index < -0.39 is 0 Å². The smallest absolute Gasteiger partial charge is 0.124 e. The van der Waals surface area contributed by atoms with Crippen LogP contribution < -0.4 is 0 Å². The molecule has 1 unspecified atom stereocenters. The fourth-order valence-corrected chi connectivity index (χ4v) is 4.45. The van der Waals surface area contributed by atoms with Crippen LogP contribution in [0.4, 0.5) is 4.39 Å². The fraction of sp³-hybridized carbons (Fsp3) is 0.0909. The van der Waals surface area contributed by atoms with Crippen molar-refractivity contribution in [3.8, 4) is 0 Å². The van der Waals surface area contributed by atoms with E-state index in [1.54, 1.807) is 6.07 Å². The first-order chi connectivity index (χ1) is 7.99. The Bertz CT molecular complexity index is 539. The summed E-state index contributed by atoms with van der Waals surface area (Å²) in [5.41, 5.74) is 0.888. The Morgan fingerprint density at radius 1 is 1.35 bits per heavy atom. The van der Waals surface area contributed by atoms with E-state index in [9.17, 15) is 4.39 Å². The molecule has 6 heteroatoms. The molecule has 17 heavy (non-hydrogen) atoms. The number of thiophene rings is 1. The van der Waals surface area contributed by atoms with Crippen LogP contribution in [-0.2, 0) is 0 Å². The minimum Gasteiger partial charge on any atom is -0.207 e. The van der Waals surface area contributed by atoms with E-state index >= 15 is 0 Å². The molecular formula is C11H5BrCl2FIS. The largest absolute Gasteiger partial charge is 0.207 e. The molecule has 0 aliphatic rings. The summed E-state index contributed by atoms with van der Waals surface area (Å²) in [5, 5.41) is 0.337. The summed E-state index contributed by atoms with van der Waals surface area (Å²) in [6.07, 6.45) is 0. The van der Waals surface area contributed by atoms with Crippen molar-refractivity contribution in [1.82, 2.24) is 0 Å². The van der Waals surface area contributed by atoms with Crippen LogP contribution in [-0.4, -0.2) is 0 Å². The maximum absolute atomic E-state index is 13.0. The Morgan fingerprint density at radius 2 is 2.06 bits per heavy atom. The van der Waals surface area contributed by atoms with Crippen LogP contribution in [0.15, 0.2) is 28.1 Å². The monoisotopic (exact) mass is 464 g/mol. The molecule has 0 nitrogen and oxygen atoms in total. The molecule has 1 aromatic carbocycles. The average molecular weight is 466 g/mol. The van der Waals surface area contributed by atoms with E-state index in [-0.39, 0.29) is 11.2 Å². The molecule has 0 bridgehead atoms. The molecule has 0 aliphatic heterocycles. The Balaban J connectivity index is 2.39. The highest BCUT2D eigenvalue weighted by Gasteiger charge is 2.18. The Morgan fingerprint density at radius 3 is 2.59 bits per heavy atom. The summed E-state index contributed by atoms with van der Waals surface area (Å²) < 4.78 is 14.7. The molecule has 1 atom stereocenters. The minimum atomic E-state index is -0.309. The topological polar surface area (TPSA) is 0 Å². The summed E-state index contributed by atoms with van der Waals surface area (Å²) >= 11 is 19.3. The van der Waals surface area contributed by atoms with Crippen molar-refractivity contribution in [2.45, 2.75) is 5.38 Å². The molecule has 0 aliphatic carbocycles. The molecule has 2 rings (SSSR count). The molecule has 0 saturated carbocycles. The third-order valence-electron chi connectivity index (χ3n) is 2.15. The van der Waals surface area contributed by atoms with Crippen LogP contribution in [0, 0.1) is 9.39 Å². The third kappa shape index (κ3) is 3.15. The molecule has 1 aromatic heterocycles. The lowest BCUT2D eigenvalue weighted by Gasteiger charge is -2.09. The Labute approximate surface area is 134 Å². The van der Waals surface area contributed by atoms with Crippen molar-refractivity contribution < 1.29 is 4.39 Å². The first-order valence-corrected chi connectivity index (χ1v) is 8.03. The van der Waals surface area contributed by atoms with Crippen molar-refractivity contribution >= 4 is 73.1 Å². The van der Waals surface area contributed by atoms with Crippen LogP contribution in [0.25, 0.3) is 0 Å². The zero-order chi connectivity index (χ0) is 12.6. The molecule has 90 valence electrons. The summed E-state index contributed by atoms with van der Waals surface area (Å²) in [4.78, 5) is 0.938. The van der Waals surface area contributed by atoms with Crippen molar-refractivity contribution in [2.75, 3.05) is 0 Å². The van der Waals surface area contributed by atoms with Crippen LogP contribution in [0.3, 0.4) is 0 Å². The number of hydrogen-bond acceptors (Lipinski definition) is 1. The van der Waals surface area contributed by atoms with Gasteiger partial charge < -0.3 is 0 Å². The standard InChI is InChI=1S/C11H5BrCl2FIS/c12-11-7(13)4-9(17-11)10(14)6-2-1-5(15)3-8(6)16/h1-4,10H. The quantitative estimate of drug-likeness (QED) is 0.364. The number of rotatable bonds is 2. The SMILES string of the molecule is Fc1ccc(C(Cl)c2cc(Cl)c(Br)s2)c(I)c1. The van der Waals surface area contributed by atoms with Crippen LogP contribution in [0.2, 0.25) is 5.02 Å². The van der Waals surface area contributed by atoms with Crippen molar-refractivity contribution in [2.24, 2.45) is 0 Å². The third-order valence-corrected chi connectivity index (χ3v) is 6.22. The van der Waals surface area contributed by atoms with E-state index in [1.165, 1.54) is 23.5 Å². The second-order valence-electron chi connectivity index (χ2n) is 3.30. The first kappa shape index (κ1) is 14.1. The summed E-state index contributed by atoms with van der Waals surface area (Å²) in [5.74, 6) is -0.257.